The lowest BCUT2D eigenvalue weighted by atomic mass is 10.1. The van der Waals surface area contributed by atoms with Crippen molar-refractivity contribution in [3.63, 3.8) is 0 Å². The zero-order chi connectivity index (χ0) is 19.9. The fraction of sp³-hybridized carbons (Fsp3) is 0.200. The number of ether oxygens (including phenoxy) is 1. The number of esters is 1. The molecule has 2 aromatic carbocycles. The molecule has 3 rings (SSSR count). The fourth-order valence-corrected chi connectivity index (χ4v) is 2.93. The number of nitrogens with one attached hydrogen (secondary N) is 1. The van der Waals surface area contributed by atoms with Gasteiger partial charge in [-0.1, -0.05) is 41.6 Å². The van der Waals surface area contributed by atoms with Crippen molar-refractivity contribution in [3.8, 4) is 11.5 Å². The Hall–Kier alpha value is -3.13. The van der Waals surface area contributed by atoms with Crippen LogP contribution in [0.15, 0.2) is 58.2 Å². The number of aryl methyl sites for hydroxylation is 1. The lowest BCUT2D eigenvalue weighted by Gasteiger charge is -2.05. The number of amides is 1. The second-order valence-electron chi connectivity index (χ2n) is 5.99. The average molecular weight is 397 g/mol. The molecule has 1 heterocycles. The molecule has 0 atom stereocenters. The van der Waals surface area contributed by atoms with E-state index in [1.807, 2.05) is 31.2 Å². The maximum absolute atomic E-state index is 12.0. The molecule has 0 radical (unpaired) electrons. The highest BCUT2D eigenvalue weighted by molar-refractivity contribution is 7.99. The Labute approximate surface area is 166 Å². The van der Waals surface area contributed by atoms with Crippen LogP contribution >= 0.6 is 11.8 Å². The highest BCUT2D eigenvalue weighted by Crippen LogP contribution is 2.23. The van der Waals surface area contributed by atoms with Gasteiger partial charge in [0.1, 0.15) is 0 Å². The molecule has 8 heteroatoms. The molecule has 0 spiro atoms. The minimum atomic E-state index is -0.392. The van der Waals surface area contributed by atoms with Gasteiger partial charge >= 0.3 is 5.97 Å². The molecule has 28 heavy (non-hydrogen) atoms. The van der Waals surface area contributed by atoms with Crippen molar-refractivity contribution in [3.05, 3.63) is 65.2 Å². The van der Waals surface area contributed by atoms with Crippen LogP contribution in [0.4, 0.5) is 0 Å². The van der Waals surface area contributed by atoms with E-state index in [-0.39, 0.29) is 11.7 Å². The first kappa shape index (κ1) is 19.6. The van der Waals surface area contributed by atoms with Crippen molar-refractivity contribution >= 4 is 23.6 Å². The fourth-order valence-electron chi connectivity index (χ4n) is 2.34. The largest absolute Gasteiger partial charge is 0.465 e. The number of carbonyl (C=O) groups is 2. The summed E-state index contributed by atoms with van der Waals surface area (Å²) in [5, 5.41) is 11.1. The van der Waals surface area contributed by atoms with Gasteiger partial charge in [-0.25, -0.2) is 4.79 Å². The van der Waals surface area contributed by atoms with E-state index >= 15 is 0 Å². The maximum atomic E-state index is 12.0. The van der Waals surface area contributed by atoms with Gasteiger partial charge < -0.3 is 14.5 Å². The summed E-state index contributed by atoms with van der Waals surface area (Å²) in [4.78, 5) is 23.4. The highest BCUT2D eigenvalue weighted by atomic mass is 32.2. The standard InChI is InChI=1S/C20H19N3O4S/c1-13-3-7-15(8-4-13)18-22-23-20(27-18)28-12-17(24)21-11-14-5-9-16(10-6-14)19(25)26-2/h3-10H,11-12H2,1-2H3,(H,21,24). The Morgan fingerprint density at radius 2 is 1.79 bits per heavy atom. The molecule has 0 aliphatic carbocycles. The molecule has 0 saturated heterocycles. The molecule has 0 saturated carbocycles. The van der Waals surface area contributed by atoms with Crippen LogP contribution in [0.1, 0.15) is 21.5 Å². The quantitative estimate of drug-likeness (QED) is 0.483. The number of carbonyl (C=O) groups excluding carboxylic acids is 2. The number of hydrogen-bond acceptors (Lipinski definition) is 7. The van der Waals surface area contributed by atoms with E-state index in [1.165, 1.54) is 18.9 Å². The Morgan fingerprint density at radius 3 is 2.46 bits per heavy atom. The molecule has 0 bridgehead atoms. The van der Waals surface area contributed by atoms with Crippen molar-refractivity contribution in [1.82, 2.24) is 15.5 Å². The van der Waals surface area contributed by atoms with E-state index in [0.717, 1.165) is 16.7 Å². The molecule has 0 fully saturated rings. The molecule has 3 aromatic rings. The minimum Gasteiger partial charge on any atom is -0.465 e. The summed E-state index contributed by atoms with van der Waals surface area (Å²) < 4.78 is 10.2. The first-order valence-electron chi connectivity index (χ1n) is 8.52. The number of nitrogens with zero attached hydrogens (tertiary/aromatic N) is 2. The second kappa shape index (κ2) is 9.18. The summed E-state index contributed by atoms with van der Waals surface area (Å²) in [5.41, 5.74) is 3.33. The molecular formula is C20H19N3O4S. The van der Waals surface area contributed by atoms with Crippen LogP contribution in [0.25, 0.3) is 11.5 Å². The molecule has 0 aliphatic heterocycles. The SMILES string of the molecule is COC(=O)c1ccc(CNC(=O)CSc2nnc(-c3ccc(C)cc3)o2)cc1. The Kier molecular flexibility index (Phi) is 6.44. The first-order chi connectivity index (χ1) is 13.5. The molecule has 0 aliphatic rings. The zero-order valence-electron chi connectivity index (χ0n) is 15.5. The van der Waals surface area contributed by atoms with Crippen LogP contribution in [0.3, 0.4) is 0 Å². The number of thioether (sulfide) groups is 1. The highest BCUT2D eigenvalue weighted by Gasteiger charge is 2.11. The molecule has 1 N–H and O–H groups in total. The lowest BCUT2D eigenvalue weighted by Crippen LogP contribution is -2.24. The smallest absolute Gasteiger partial charge is 0.337 e. The lowest BCUT2D eigenvalue weighted by molar-refractivity contribution is -0.118. The van der Waals surface area contributed by atoms with Gasteiger partial charge in [0.05, 0.1) is 18.4 Å². The number of aromatic nitrogens is 2. The third-order valence-electron chi connectivity index (χ3n) is 3.90. The molecular weight excluding hydrogens is 378 g/mol. The summed E-state index contributed by atoms with van der Waals surface area (Å²) >= 11 is 1.18. The van der Waals surface area contributed by atoms with E-state index in [0.29, 0.717) is 23.2 Å². The van der Waals surface area contributed by atoms with Crippen molar-refractivity contribution in [1.29, 1.82) is 0 Å². The Morgan fingerprint density at radius 1 is 1.07 bits per heavy atom. The third-order valence-corrected chi connectivity index (χ3v) is 4.71. The molecule has 0 unspecified atom stereocenters. The van der Waals surface area contributed by atoms with Gasteiger partial charge in [0.2, 0.25) is 11.8 Å². The van der Waals surface area contributed by atoms with Crippen LogP contribution < -0.4 is 5.32 Å². The van der Waals surface area contributed by atoms with E-state index < -0.39 is 5.97 Å². The van der Waals surface area contributed by atoms with E-state index in [9.17, 15) is 9.59 Å². The summed E-state index contributed by atoms with van der Waals surface area (Å²) in [6.07, 6.45) is 0. The van der Waals surface area contributed by atoms with Crippen LogP contribution in [0, 0.1) is 6.92 Å². The van der Waals surface area contributed by atoms with Gasteiger partial charge in [0.25, 0.3) is 5.22 Å². The Balaban J connectivity index is 1.47. The molecule has 7 nitrogen and oxygen atoms in total. The average Bonchev–Trinajstić information content (AvgIpc) is 3.20. The molecule has 1 aromatic heterocycles. The summed E-state index contributed by atoms with van der Waals surface area (Å²) in [7, 11) is 1.33. The number of benzene rings is 2. The monoisotopic (exact) mass is 397 g/mol. The number of rotatable bonds is 7. The van der Waals surface area contributed by atoms with E-state index in [1.54, 1.807) is 24.3 Å². The number of hydrogen-bond donors (Lipinski definition) is 1. The van der Waals surface area contributed by atoms with Crippen LogP contribution in [0.2, 0.25) is 0 Å². The predicted octanol–water partition coefficient (Wildman–Crippen LogP) is 3.24. The molecule has 144 valence electrons. The van der Waals surface area contributed by atoms with Crippen molar-refractivity contribution < 1.29 is 18.7 Å². The molecule has 1 amide bonds. The van der Waals surface area contributed by atoms with Gasteiger partial charge in [-0.15, -0.1) is 10.2 Å². The predicted molar refractivity (Wildman–Crippen MR) is 105 cm³/mol. The first-order valence-corrected chi connectivity index (χ1v) is 9.51. The topological polar surface area (TPSA) is 94.3 Å². The second-order valence-corrected chi connectivity index (χ2v) is 6.92. The van der Waals surface area contributed by atoms with Crippen LogP contribution in [-0.2, 0) is 16.1 Å². The van der Waals surface area contributed by atoms with Crippen LogP contribution in [0.5, 0.6) is 0 Å². The van der Waals surface area contributed by atoms with Gasteiger partial charge in [-0.3, -0.25) is 4.79 Å². The summed E-state index contributed by atoms with van der Waals surface area (Å²) in [5.74, 6) is 0.0396. The summed E-state index contributed by atoms with van der Waals surface area (Å²) in [6, 6.07) is 14.6. The van der Waals surface area contributed by atoms with Crippen molar-refractivity contribution in [2.45, 2.75) is 18.7 Å². The summed E-state index contributed by atoms with van der Waals surface area (Å²) in [6.45, 7) is 2.37. The van der Waals surface area contributed by atoms with Crippen LogP contribution in [-0.4, -0.2) is 34.9 Å². The van der Waals surface area contributed by atoms with Gasteiger partial charge in [0, 0.05) is 12.1 Å². The van der Waals surface area contributed by atoms with Gasteiger partial charge in [0.15, 0.2) is 0 Å². The van der Waals surface area contributed by atoms with E-state index in [2.05, 4.69) is 20.3 Å². The number of methoxy groups -OCH3 is 1. The Bertz CT molecular complexity index is 952. The minimum absolute atomic E-state index is 0.155. The third kappa shape index (κ3) is 5.20. The normalized spacial score (nSPS) is 10.5. The van der Waals surface area contributed by atoms with E-state index in [4.69, 9.17) is 4.42 Å². The maximum Gasteiger partial charge on any atom is 0.337 e. The van der Waals surface area contributed by atoms with Crippen molar-refractivity contribution in [2.75, 3.05) is 12.9 Å². The van der Waals surface area contributed by atoms with Gasteiger partial charge in [-0.05, 0) is 36.8 Å². The zero-order valence-corrected chi connectivity index (χ0v) is 16.3. The van der Waals surface area contributed by atoms with Crippen molar-refractivity contribution in [2.24, 2.45) is 0 Å². The van der Waals surface area contributed by atoms with Gasteiger partial charge in [-0.2, -0.15) is 0 Å².